The smallest absolute Gasteiger partial charge is 0.247 e. The fraction of sp³-hybridized carbons (Fsp3) is 0.857. The van der Waals surface area contributed by atoms with Crippen LogP contribution in [0.25, 0.3) is 0 Å². The molecule has 0 aromatic heterocycles. The second-order valence-corrected chi connectivity index (χ2v) is 6.86. The van der Waals surface area contributed by atoms with E-state index in [9.17, 15) is 9.59 Å². The van der Waals surface area contributed by atoms with Crippen LogP contribution in [0.5, 0.6) is 0 Å². The molecule has 98 valence electrons. The molecule has 1 N–H and O–H groups in total. The van der Waals surface area contributed by atoms with Crippen molar-refractivity contribution in [2.45, 2.75) is 37.6 Å². The second-order valence-electron chi connectivity index (χ2n) is 6.86. The predicted molar refractivity (Wildman–Crippen MR) is 65.6 cm³/mol. The van der Waals surface area contributed by atoms with Gasteiger partial charge in [-0.2, -0.15) is 0 Å². The zero-order valence-corrected chi connectivity index (χ0v) is 10.8. The molecular formula is C14H20N2O2. The number of likely N-dealkylation sites (N-methyl/N-ethyl adjacent to an activating group) is 1. The zero-order valence-electron chi connectivity index (χ0n) is 10.8. The van der Waals surface area contributed by atoms with Crippen LogP contribution in [-0.2, 0) is 9.59 Å². The topological polar surface area (TPSA) is 49.4 Å². The summed E-state index contributed by atoms with van der Waals surface area (Å²) in [5.41, 5.74) is -0.360. The minimum atomic E-state index is -0.360. The van der Waals surface area contributed by atoms with E-state index in [0.29, 0.717) is 18.4 Å². The van der Waals surface area contributed by atoms with E-state index in [4.69, 9.17) is 0 Å². The maximum Gasteiger partial charge on any atom is 0.247 e. The van der Waals surface area contributed by atoms with Crippen LogP contribution in [0, 0.1) is 23.7 Å². The van der Waals surface area contributed by atoms with E-state index in [1.54, 1.807) is 0 Å². The zero-order chi connectivity index (χ0) is 12.5. The normalized spacial score (nSPS) is 50.9. The van der Waals surface area contributed by atoms with Crippen LogP contribution in [0.15, 0.2) is 0 Å². The molecular weight excluding hydrogens is 228 g/mol. The maximum atomic E-state index is 12.6. The van der Waals surface area contributed by atoms with Crippen LogP contribution >= 0.6 is 0 Å². The third kappa shape index (κ3) is 1.15. The first-order chi connectivity index (χ1) is 8.60. The Morgan fingerprint density at radius 2 is 1.61 bits per heavy atom. The summed E-state index contributed by atoms with van der Waals surface area (Å²) in [7, 11) is 1.97. The molecule has 0 unspecified atom stereocenters. The van der Waals surface area contributed by atoms with Gasteiger partial charge in [-0.3, -0.25) is 19.8 Å². The number of nitrogens with one attached hydrogen (secondary N) is 1. The summed E-state index contributed by atoms with van der Waals surface area (Å²) in [5, 5.41) is 2.61. The van der Waals surface area contributed by atoms with E-state index >= 15 is 0 Å². The van der Waals surface area contributed by atoms with Gasteiger partial charge in [0.25, 0.3) is 0 Å². The number of carbonyl (C=O) groups excluding carboxylic acids is 2. The molecule has 4 saturated carbocycles. The van der Waals surface area contributed by atoms with Crippen LogP contribution < -0.4 is 5.32 Å². The maximum absolute atomic E-state index is 12.6. The highest BCUT2D eigenvalue weighted by atomic mass is 16.2. The lowest BCUT2D eigenvalue weighted by Gasteiger charge is -2.63. The van der Waals surface area contributed by atoms with Gasteiger partial charge in [0.1, 0.15) is 5.54 Å². The minimum absolute atomic E-state index is 0.00458. The molecule has 0 aromatic carbocycles. The molecule has 0 atom stereocenters. The third-order valence-electron chi connectivity index (χ3n) is 6.01. The third-order valence-corrected chi connectivity index (χ3v) is 6.01. The number of amides is 2. The summed E-state index contributed by atoms with van der Waals surface area (Å²) >= 11 is 0. The summed E-state index contributed by atoms with van der Waals surface area (Å²) < 4.78 is 0. The highest BCUT2D eigenvalue weighted by molar-refractivity contribution is 6.04. The van der Waals surface area contributed by atoms with Gasteiger partial charge in [-0.05, 0) is 62.8 Å². The van der Waals surface area contributed by atoms with Crippen LogP contribution in [0.1, 0.15) is 32.1 Å². The monoisotopic (exact) mass is 248 g/mol. The number of piperazine rings is 1. The molecule has 1 aliphatic heterocycles. The Bertz CT molecular complexity index is 404. The Morgan fingerprint density at radius 3 is 2.11 bits per heavy atom. The van der Waals surface area contributed by atoms with Gasteiger partial charge < -0.3 is 0 Å². The fourth-order valence-electron chi connectivity index (χ4n) is 5.68. The van der Waals surface area contributed by atoms with Crippen molar-refractivity contribution in [3.8, 4) is 0 Å². The van der Waals surface area contributed by atoms with Crippen LogP contribution in [0.2, 0.25) is 0 Å². The summed E-state index contributed by atoms with van der Waals surface area (Å²) in [4.78, 5) is 26.2. The number of imide groups is 1. The summed E-state index contributed by atoms with van der Waals surface area (Å²) in [6.45, 7) is 0.383. The molecule has 4 heteroatoms. The quantitative estimate of drug-likeness (QED) is 0.644. The van der Waals surface area contributed by atoms with Crippen molar-refractivity contribution in [3.05, 3.63) is 0 Å². The molecule has 5 rings (SSSR count). The number of nitrogens with zero attached hydrogens (tertiary/aromatic N) is 1. The molecule has 0 aromatic rings. The largest absolute Gasteiger partial charge is 0.294 e. The lowest BCUT2D eigenvalue weighted by atomic mass is 9.47. The van der Waals surface area contributed by atoms with E-state index in [0.717, 1.165) is 11.8 Å². The summed E-state index contributed by atoms with van der Waals surface area (Å²) in [6.07, 6.45) is 6.16. The standard InChI is InChI=1S/C14H20N2O2/c1-16-7-12(17)15-13(18)14(16)10-3-8-2-9(5-10)6-11(14)4-8/h8-11H,2-7H2,1H3,(H,15,17,18). The Morgan fingerprint density at radius 1 is 1.06 bits per heavy atom. The molecule has 0 radical (unpaired) electrons. The lowest BCUT2D eigenvalue weighted by Crippen LogP contribution is -2.75. The molecule has 5 aliphatic rings. The van der Waals surface area contributed by atoms with Gasteiger partial charge in [-0.15, -0.1) is 0 Å². The number of hydrogen-bond donors (Lipinski definition) is 1. The van der Waals surface area contributed by atoms with E-state index in [2.05, 4.69) is 10.2 Å². The van der Waals surface area contributed by atoms with Gasteiger partial charge in [0.05, 0.1) is 6.54 Å². The second kappa shape index (κ2) is 3.35. The van der Waals surface area contributed by atoms with Crippen molar-refractivity contribution < 1.29 is 9.59 Å². The van der Waals surface area contributed by atoms with Gasteiger partial charge in [-0.25, -0.2) is 0 Å². The fourth-order valence-corrected chi connectivity index (χ4v) is 5.68. The van der Waals surface area contributed by atoms with Crippen molar-refractivity contribution in [3.63, 3.8) is 0 Å². The Balaban J connectivity index is 1.78. The summed E-state index contributed by atoms with van der Waals surface area (Å²) in [6, 6.07) is 0. The SMILES string of the molecule is CN1CC(=O)NC(=O)C12C1CC3CC(C1)CC2C3. The average molecular weight is 248 g/mol. The number of carbonyl (C=O) groups is 2. The highest BCUT2D eigenvalue weighted by Gasteiger charge is 2.64. The van der Waals surface area contributed by atoms with Crippen molar-refractivity contribution in [1.82, 2.24) is 10.2 Å². The van der Waals surface area contributed by atoms with Gasteiger partial charge >= 0.3 is 0 Å². The van der Waals surface area contributed by atoms with E-state index in [1.165, 1.54) is 32.1 Å². The van der Waals surface area contributed by atoms with E-state index < -0.39 is 0 Å². The first-order valence-corrected chi connectivity index (χ1v) is 7.16. The van der Waals surface area contributed by atoms with Gasteiger partial charge in [0.15, 0.2) is 0 Å². The average Bonchev–Trinajstić information content (AvgIpc) is 2.26. The van der Waals surface area contributed by atoms with Crippen LogP contribution in [-0.4, -0.2) is 35.8 Å². The van der Waals surface area contributed by atoms with Crippen molar-refractivity contribution in [2.24, 2.45) is 23.7 Å². The highest BCUT2D eigenvalue weighted by Crippen LogP contribution is 2.60. The van der Waals surface area contributed by atoms with E-state index in [-0.39, 0.29) is 17.4 Å². The van der Waals surface area contributed by atoms with E-state index in [1.807, 2.05) is 7.05 Å². The molecule has 1 spiro atoms. The Kier molecular flexibility index (Phi) is 2.04. The Labute approximate surface area is 107 Å². The molecule has 18 heavy (non-hydrogen) atoms. The molecule has 2 amide bonds. The Hall–Kier alpha value is -0.900. The number of rotatable bonds is 0. The lowest BCUT2D eigenvalue weighted by molar-refractivity contribution is -0.174. The molecule has 5 fully saturated rings. The first kappa shape index (κ1) is 11.0. The molecule has 1 saturated heterocycles. The predicted octanol–water partition coefficient (Wildman–Crippen LogP) is 0.769. The van der Waals surface area contributed by atoms with Gasteiger partial charge in [0, 0.05) is 0 Å². The van der Waals surface area contributed by atoms with Gasteiger partial charge in [-0.1, -0.05) is 0 Å². The minimum Gasteiger partial charge on any atom is -0.294 e. The molecule has 1 heterocycles. The molecule has 4 bridgehead atoms. The van der Waals surface area contributed by atoms with Crippen LogP contribution in [0.4, 0.5) is 0 Å². The molecule has 4 aliphatic carbocycles. The van der Waals surface area contributed by atoms with Crippen molar-refractivity contribution in [2.75, 3.05) is 13.6 Å². The first-order valence-electron chi connectivity index (χ1n) is 7.16. The molecule has 4 nitrogen and oxygen atoms in total. The van der Waals surface area contributed by atoms with Crippen molar-refractivity contribution in [1.29, 1.82) is 0 Å². The van der Waals surface area contributed by atoms with Crippen molar-refractivity contribution >= 4 is 11.8 Å². The summed E-state index contributed by atoms with van der Waals surface area (Å²) in [5.74, 6) is 2.50. The van der Waals surface area contributed by atoms with Gasteiger partial charge in [0.2, 0.25) is 11.8 Å². The van der Waals surface area contributed by atoms with Crippen LogP contribution in [0.3, 0.4) is 0 Å². The number of hydrogen-bond acceptors (Lipinski definition) is 3.